The highest BCUT2D eigenvalue weighted by atomic mass is 16.5. The number of imide groups is 1. The van der Waals surface area contributed by atoms with E-state index in [0.717, 1.165) is 32.6 Å². The Morgan fingerprint density at radius 3 is 2.56 bits per heavy atom. The topological polar surface area (TPSA) is 132 Å². The summed E-state index contributed by atoms with van der Waals surface area (Å²) in [6, 6.07) is 18.4. The molecule has 3 N–H and O–H groups in total. The van der Waals surface area contributed by atoms with Crippen LogP contribution >= 0.6 is 0 Å². The number of aromatic nitrogens is 1. The van der Waals surface area contributed by atoms with Gasteiger partial charge in [-0.2, -0.15) is 0 Å². The van der Waals surface area contributed by atoms with Crippen LogP contribution < -0.4 is 15.0 Å². The monoisotopic (exact) mass is 580 g/mol. The minimum Gasteiger partial charge on any atom is -0.497 e. The molecule has 4 amide bonds. The van der Waals surface area contributed by atoms with Gasteiger partial charge in [0, 0.05) is 23.0 Å². The lowest BCUT2D eigenvalue weighted by molar-refractivity contribution is -0.140. The van der Waals surface area contributed by atoms with Crippen molar-refractivity contribution in [1.82, 2.24) is 15.2 Å². The molecule has 1 aromatic heterocycles. The maximum atomic E-state index is 14.3. The lowest BCUT2D eigenvalue weighted by atomic mass is 9.89. The first-order valence-corrected chi connectivity index (χ1v) is 14.3. The van der Waals surface area contributed by atoms with Crippen LogP contribution in [0.5, 0.6) is 5.75 Å². The van der Waals surface area contributed by atoms with Gasteiger partial charge in [0.15, 0.2) is 0 Å². The number of carboxylic acids is 1. The molecule has 10 heteroatoms. The number of amides is 4. The Bertz CT molecular complexity index is 1760. The van der Waals surface area contributed by atoms with Crippen molar-refractivity contribution in [3.63, 3.8) is 0 Å². The van der Waals surface area contributed by atoms with Crippen molar-refractivity contribution in [2.24, 2.45) is 5.92 Å². The first-order valence-electron chi connectivity index (χ1n) is 14.3. The van der Waals surface area contributed by atoms with E-state index in [9.17, 15) is 24.3 Å². The Hall–Kier alpha value is -5.12. The largest absolute Gasteiger partial charge is 0.497 e. The van der Waals surface area contributed by atoms with E-state index in [4.69, 9.17) is 4.74 Å². The number of carboxylic acid groups (broad SMARTS) is 1. The van der Waals surface area contributed by atoms with Crippen molar-refractivity contribution in [1.29, 1.82) is 0 Å². The molecule has 1 saturated heterocycles. The van der Waals surface area contributed by atoms with Gasteiger partial charge >= 0.3 is 12.0 Å². The van der Waals surface area contributed by atoms with Crippen molar-refractivity contribution in [2.45, 2.75) is 44.8 Å². The molecule has 2 aliphatic rings. The summed E-state index contributed by atoms with van der Waals surface area (Å²) in [4.78, 5) is 60.0. The molecular formula is C33H32N4O6. The number of nitrogens with zero attached hydrogens (tertiary/aromatic N) is 2. The number of nitrogens with one attached hydrogen (secondary N) is 2. The highest BCUT2D eigenvalue weighted by Gasteiger charge is 2.53. The Balaban J connectivity index is 1.44. The van der Waals surface area contributed by atoms with Crippen LogP contribution in [0.3, 0.4) is 0 Å². The number of ether oxygens (including phenoxy) is 1. The predicted molar refractivity (Wildman–Crippen MR) is 160 cm³/mol. The molecule has 0 spiro atoms. The van der Waals surface area contributed by atoms with Crippen LogP contribution in [-0.4, -0.2) is 58.0 Å². The van der Waals surface area contributed by atoms with E-state index in [1.807, 2.05) is 55.5 Å². The molecule has 0 unspecified atom stereocenters. The predicted octanol–water partition coefficient (Wildman–Crippen LogP) is 4.89. The summed E-state index contributed by atoms with van der Waals surface area (Å²) < 4.78 is 5.48. The second-order valence-electron chi connectivity index (χ2n) is 11.0. The fourth-order valence-electron chi connectivity index (χ4n) is 6.22. The molecule has 3 aromatic carbocycles. The van der Waals surface area contributed by atoms with Crippen molar-refractivity contribution in [3.8, 4) is 5.75 Å². The standard InChI is InChI=1S/C33H32N4O6/c1-4-18(2)27(32(40)41)35-30(38)22-13-6-8-15-25(22)37-31(39)26-17-23-21-12-5-7-14-24(21)34-28(23)29(36(26)33(37)42)19-10-9-11-20(16-19)43-3/h5-16,18,26-27,29,34H,4,17H2,1-3H3,(H,35,38)(H,40,41)/t18-,26-,27-,29-/m0/s1. The van der Waals surface area contributed by atoms with Crippen LogP contribution in [0.15, 0.2) is 72.8 Å². The summed E-state index contributed by atoms with van der Waals surface area (Å²) in [5.74, 6) is -1.99. The van der Waals surface area contributed by atoms with E-state index in [2.05, 4.69) is 10.3 Å². The molecule has 220 valence electrons. The fraction of sp³-hybridized carbons (Fsp3) is 0.273. The number of rotatable bonds is 8. The third-order valence-electron chi connectivity index (χ3n) is 8.61. The highest BCUT2D eigenvalue weighted by Crippen LogP contribution is 2.45. The van der Waals surface area contributed by atoms with Crippen LogP contribution in [0.2, 0.25) is 0 Å². The zero-order valence-corrected chi connectivity index (χ0v) is 24.0. The van der Waals surface area contributed by atoms with E-state index in [1.165, 1.54) is 12.1 Å². The van der Waals surface area contributed by atoms with Crippen molar-refractivity contribution >= 4 is 40.4 Å². The van der Waals surface area contributed by atoms with Gasteiger partial charge in [-0.15, -0.1) is 0 Å². The van der Waals surface area contributed by atoms with Crippen LogP contribution in [0.4, 0.5) is 10.5 Å². The van der Waals surface area contributed by atoms with Gasteiger partial charge in [-0.1, -0.05) is 62.7 Å². The Morgan fingerprint density at radius 2 is 1.81 bits per heavy atom. The number of carbonyl (C=O) groups is 4. The minimum atomic E-state index is -1.15. The van der Waals surface area contributed by atoms with Gasteiger partial charge in [0.1, 0.15) is 23.9 Å². The third-order valence-corrected chi connectivity index (χ3v) is 8.61. The van der Waals surface area contributed by atoms with E-state index < -0.39 is 41.9 Å². The van der Waals surface area contributed by atoms with Crippen LogP contribution in [0, 0.1) is 5.92 Å². The molecule has 43 heavy (non-hydrogen) atoms. The minimum absolute atomic E-state index is 0.0421. The molecule has 1 fully saturated rings. The van der Waals surface area contributed by atoms with Gasteiger partial charge in [0.25, 0.3) is 11.8 Å². The smallest absolute Gasteiger partial charge is 0.332 e. The number of anilines is 1. The van der Waals surface area contributed by atoms with E-state index >= 15 is 0 Å². The lowest BCUT2D eigenvalue weighted by Gasteiger charge is -2.36. The molecule has 3 heterocycles. The van der Waals surface area contributed by atoms with Gasteiger partial charge < -0.3 is 20.1 Å². The summed E-state index contributed by atoms with van der Waals surface area (Å²) in [6.45, 7) is 3.59. The summed E-state index contributed by atoms with van der Waals surface area (Å²) >= 11 is 0. The van der Waals surface area contributed by atoms with Crippen LogP contribution in [-0.2, 0) is 16.0 Å². The first kappa shape index (κ1) is 28.0. The quantitative estimate of drug-likeness (QED) is 0.254. The Kier molecular flexibility index (Phi) is 7.13. The molecule has 4 aromatic rings. The maximum absolute atomic E-state index is 14.3. The number of aromatic amines is 1. The van der Waals surface area contributed by atoms with E-state index in [1.54, 1.807) is 31.1 Å². The molecular weight excluding hydrogens is 548 g/mol. The zero-order valence-electron chi connectivity index (χ0n) is 24.0. The average Bonchev–Trinajstić information content (AvgIpc) is 3.51. The van der Waals surface area contributed by atoms with E-state index in [0.29, 0.717) is 18.6 Å². The summed E-state index contributed by atoms with van der Waals surface area (Å²) in [5.41, 5.74) is 3.60. The summed E-state index contributed by atoms with van der Waals surface area (Å²) in [5, 5.41) is 13.3. The number of aliphatic carboxylic acids is 1. The number of benzene rings is 3. The Morgan fingerprint density at radius 1 is 1.07 bits per heavy atom. The van der Waals surface area contributed by atoms with Crippen molar-refractivity contribution in [2.75, 3.05) is 12.0 Å². The number of urea groups is 1. The van der Waals surface area contributed by atoms with Crippen molar-refractivity contribution in [3.05, 3.63) is 95.2 Å². The number of fused-ring (bicyclic) bond motifs is 4. The molecule has 0 bridgehead atoms. The van der Waals surface area contributed by atoms with Gasteiger partial charge in [-0.05, 0) is 47.4 Å². The van der Waals surface area contributed by atoms with E-state index in [-0.39, 0.29) is 17.2 Å². The normalized spacial score (nSPS) is 19.1. The second-order valence-corrected chi connectivity index (χ2v) is 11.0. The molecule has 0 aliphatic carbocycles. The second kappa shape index (κ2) is 10.9. The maximum Gasteiger partial charge on any atom is 0.332 e. The van der Waals surface area contributed by atoms with Gasteiger partial charge in [-0.25, -0.2) is 14.5 Å². The Labute approximate surface area is 248 Å². The summed E-state index contributed by atoms with van der Waals surface area (Å²) in [7, 11) is 1.57. The first-order chi connectivity index (χ1) is 20.7. The van der Waals surface area contributed by atoms with Crippen LogP contribution in [0.1, 0.15) is 53.5 Å². The number of H-pyrrole nitrogens is 1. The number of hydrogen-bond donors (Lipinski definition) is 3. The average molecular weight is 581 g/mol. The van der Waals surface area contributed by atoms with Gasteiger partial charge in [0.05, 0.1) is 18.4 Å². The highest BCUT2D eigenvalue weighted by molar-refractivity contribution is 6.24. The summed E-state index contributed by atoms with van der Waals surface area (Å²) in [6.07, 6.45) is 0.837. The fourth-order valence-corrected chi connectivity index (χ4v) is 6.22. The molecule has 0 saturated carbocycles. The van der Waals surface area contributed by atoms with Crippen LogP contribution in [0.25, 0.3) is 10.9 Å². The number of methoxy groups -OCH3 is 1. The van der Waals surface area contributed by atoms with Gasteiger partial charge in [-0.3, -0.25) is 14.5 Å². The SMILES string of the molecule is CC[C@H](C)[C@H](NC(=O)c1ccccc1N1C(=O)[C@@H]2Cc3c([nH]c4ccccc34)[C@H](c3cccc(OC)c3)N2C1=O)C(=O)O. The van der Waals surface area contributed by atoms with Gasteiger partial charge in [0.2, 0.25) is 0 Å². The number of carbonyl (C=O) groups excluding carboxylic acids is 3. The molecule has 10 nitrogen and oxygen atoms in total. The third kappa shape index (κ3) is 4.59. The number of hydrogen-bond acceptors (Lipinski definition) is 5. The molecule has 2 aliphatic heterocycles. The number of para-hydroxylation sites is 2. The zero-order chi connectivity index (χ0) is 30.4. The molecule has 0 radical (unpaired) electrons. The molecule has 6 rings (SSSR count). The molecule has 4 atom stereocenters. The van der Waals surface area contributed by atoms with Crippen molar-refractivity contribution < 1.29 is 29.0 Å². The lowest BCUT2D eigenvalue weighted by Crippen LogP contribution is -2.45.